The number of aromatic nitrogens is 2. The first-order chi connectivity index (χ1) is 11.1. The molecule has 1 heterocycles. The molecule has 0 spiro atoms. The Balaban J connectivity index is 2.12. The maximum atomic E-state index is 12.6. The molecule has 6 heteroatoms. The van der Waals surface area contributed by atoms with Crippen LogP contribution in [0.4, 0.5) is 0 Å². The van der Waals surface area contributed by atoms with Crippen LogP contribution in [0.1, 0.15) is 22.1 Å². The van der Waals surface area contributed by atoms with Crippen LogP contribution in [0.2, 0.25) is 0 Å². The minimum atomic E-state index is -1.17. The molecule has 1 N–H and O–H groups in total. The number of fused-ring (bicyclic) bond motifs is 1. The topological polar surface area (TPSA) is 86.6 Å². The molecule has 1 atom stereocenters. The van der Waals surface area contributed by atoms with Crippen LogP contribution < -0.4 is 5.56 Å². The van der Waals surface area contributed by atoms with Crippen molar-refractivity contribution in [1.82, 2.24) is 9.97 Å². The average molecular weight is 368 g/mol. The van der Waals surface area contributed by atoms with Crippen LogP contribution in [0.15, 0.2) is 57.8 Å². The highest BCUT2D eigenvalue weighted by atomic mass is 79.9. The SMILES string of the molecule is N#CC(C(=O)c1ccccc1Br)c1nc2ccccc2c(=O)[nH]1. The number of ketones is 1. The minimum Gasteiger partial charge on any atom is -0.308 e. The number of halogens is 1. The normalized spacial score (nSPS) is 11.8. The molecule has 0 fully saturated rings. The van der Waals surface area contributed by atoms with Crippen molar-refractivity contribution in [3.05, 3.63) is 74.7 Å². The molecule has 0 bridgehead atoms. The highest BCUT2D eigenvalue weighted by Gasteiger charge is 2.26. The Kier molecular flexibility index (Phi) is 4.04. The maximum absolute atomic E-state index is 12.6. The van der Waals surface area contributed by atoms with Crippen LogP contribution >= 0.6 is 15.9 Å². The molecular formula is C17H10BrN3O2. The van der Waals surface area contributed by atoms with Gasteiger partial charge in [0.25, 0.3) is 5.56 Å². The second-order valence-electron chi connectivity index (χ2n) is 4.87. The van der Waals surface area contributed by atoms with E-state index in [1.165, 1.54) is 0 Å². The third-order valence-corrected chi connectivity index (χ3v) is 4.13. The molecular weight excluding hydrogens is 358 g/mol. The monoisotopic (exact) mass is 367 g/mol. The number of hydrogen-bond donors (Lipinski definition) is 1. The quantitative estimate of drug-likeness (QED) is 0.720. The van der Waals surface area contributed by atoms with Crippen LogP contribution in [0.3, 0.4) is 0 Å². The Hall–Kier alpha value is -2.78. The third-order valence-electron chi connectivity index (χ3n) is 3.44. The lowest BCUT2D eigenvalue weighted by Gasteiger charge is -2.09. The molecule has 0 aliphatic carbocycles. The summed E-state index contributed by atoms with van der Waals surface area (Å²) in [5.74, 6) is -1.54. The van der Waals surface area contributed by atoms with Crippen molar-refractivity contribution in [2.75, 3.05) is 0 Å². The van der Waals surface area contributed by atoms with E-state index in [0.29, 0.717) is 20.9 Å². The van der Waals surface area contributed by atoms with Gasteiger partial charge < -0.3 is 4.98 Å². The number of nitrogens with one attached hydrogen (secondary N) is 1. The van der Waals surface area contributed by atoms with E-state index in [1.54, 1.807) is 48.5 Å². The fourth-order valence-electron chi connectivity index (χ4n) is 2.30. The first kappa shape index (κ1) is 15.1. The Morgan fingerprint density at radius 3 is 2.61 bits per heavy atom. The molecule has 0 amide bonds. The Bertz CT molecular complexity index is 1000. The summed E-state index contributed by atoms with van der Waals surface area (Å²) in [5.41, 5.74) is 0.451. The molecule has 0 radical (unpaired) electrons. The van der Waals surface area contributed by atoms with Crippen LogP contribution in [-0.2, 0) is 0 Å². The Labute approximate surface area is 139 Å². The number of para-hydroxylation sites is 1. The van der Waals surface area contributed by atoms with Crippen LogP contribution in [0, 0.1) is 11.3 Å². The van der Waals surface area contributed by atoms with Gasteiger partial charge in [-0.2, -0.15) is 5.26 Å². The molecule has 0 saturated carbocycles. The van der Waals surface area contributed by atoms with Gasteiger partial charge in [-0.05, 0) is 18.2 Å². The van der Waals surface area contributed by atoms with Crippen molar-refractivity contribution in [1.29, 1.82) is 5.26 Å². The van der Waals surface area contributed by atoms with Crippen LogP contribution in [-0.4, -0.2) is 15.8 Å². The lowest BCUT2D eigenvalue weighted by molar-refractivity contribution is 0.0975. The second-order valence-corrected chi connectivity index (χ2v) is 5.73. The zero-order valence-corrected chi connectivity index (χ0v) is 13.4. The molecule has 2 aromatic carbocycles. The summed E-state index contributed by atoms with van der Waals surface area (Å²) in [5, 5.41) is 9.83. The molecule has 5 nitrogen and oxygen atoms in total. The summed E-state index contributed by atoms with van der Waals surface area (Å²) in [4.78, 5) is 31.6. The van der Waals surface area contributed by atoms with E-state index in [2.05, 4.69) is 25.9 Å². The highest BCUT2D eigenvalue weighted by molar-refractivity contribution is 9.10. The number of hydrogen-bond acceptors (Lipinski definition) is 4. The molecule has 0 aliphatic rings. The molecule has 0 saturated heterocycles. The van der Waals surface area contributed by atoms with Gasteiger partial charge in [-0.1, -0.05) is 46.3 Å². The lowest BCUT2D eigenvalue weighted by Crippen LogP contribution is -2.20. The number of carbonyl (C=O) groups is 1. The second kappa shape index (κ2) is 6.15. The highest BCUT2D eigenvalue weighted by Crippen LogP contribution is 2.23. The van der Waals surface area contributed by atoms with Gasteiger partial charge in [-0.15, -0.1) is 0 Å². The summed E-state index contributed by atoms with van der Waals surface area (Å²) in [6, 6.07) is 15.5. The van der Waals surface area contributed by atoms with E-state index in [4.69, 9.17) is 0 Å². The lowest BCUT2D eigenvalue weighted by atomic mass is 9.98. The average Bonchev–Trinajstić information content (AvgIpc) is 2.56. The van der Waals surface area contributed by atoms with Crippen molar-refractivity contribution >= 4 is 32.6 Å². The van der Waals surface area contributed by atoms with Crippen molar-refractivity contribution in [3.8, 4) is 6.07 Å². The minimum absolute atomic E-state index is 0.0527. The van der Waals surface area contributed by atoms with Gasteiger partial charge in [-0.25, -0.2) is 4.98 Å². The number of carbonyl (C=O) groups excluding carboxylic acids is 1. The van der Waals surface area contributed by atoms with Gasteiger partial charge in [-0.3, -0.25) is 9.59 Å². The van der Waals surface area contributed by atoms with E-state index < -0.39 is 11.7 Å². The predicted molar refractivity (Wildman–Crippen MR) is 89.2 cm³/mol. The third kappa shape index (κ3) is 2.79. The van der Waals surface area contributed by atoms with Gasteiger partial charge in [0.05, 0.1) is 17.0 Å². The predicted octanol–water partition coefficient (Wildman–Crippen LogP) is 3.18. The van der Waals surface area contributed by atoms with Crippen molar-refractivity contribution in [2.24, 2.45) is 0 Å². The van der Waals surface area contributed by atoms with Crippen molar-refractivity contribution in [3.63, 3.8) is 0 Å². The van der Waals surface area contributed by atoms with Gasteiger partial charge in [0.15, 0.2) is 11.7 Å². The van der Waals surface area contributed by atoms with Crippen LogP contribution in [0.5, 0.6) is 0 Å². The number of aromatic amines is 1. The zero-order valence-electron chi connectivity index (χ0n) is 11.8. The van der Waals surface area contributed by atoms with Gasteiger partial charge in [0.1, 0.15) is 5.82 Å². The summed E-state index contributed by atoms with van der Waals surface area (Å²) in [7, 11) is 0. The van der Waals surface area contributed by atoms with E-state index in [1.807, 2.05) is 6.07 Å². The zero-order chi connectivity index (χ0) is 16.4. The molecule has 1 aromatic heterocycles. The number of nitrogens with zero attached hydrogens (tertiary/aromatic N) is 2. The van der Waals surface area contributed by atoms with Crippen LogP contribution in [0.25, 0.3) is 10.9 Å². The van der Waals surface area contributed by atoms with E-state index in [-0.39, 0.29) is 11.4 Å². The van der Waals surface area contributed by atoms with Gasteiger partial charge in [0.2, 0.25) is 0 Å². The number of benzene rings is 2. The van der Waals surface area contributed by atoms with E-state index >= 15 is 0 Å². The summed E-state index contributed by atoms with van der Waals surface area (Å²) >= 11 is 3.30. The van der Waals surface area contributed by atoms with E-state index in [9.17, 15) is 14.9 Å². The van der Waals surface area contributed by atoms with Gasteiger partial charge in [0, 0.05) is 10.0 Å². The molecule has 0 aliphatic heterocycles. The maximum Gasteiger partial charge on any atom is 0.258 e. The standard InChI is InChI=1S/C17H10BrN3O2/c18-13-7-3-1-5-10(13)15(22)12(9-19)16-20-14-8-4-2-6-11(14)17(23)21-16/h1-8,12H,(H,20,21,23). The summed E-state index contributed by atoms with van der Waals surface area (Å²) < 4.78 is 0.591. The largest absolute Gasteiger partial charge is 0.308 e. The number of rotatable bonds is 3. The number of Topliss-reactive ketones (excluding diaryl/α,β-unsaturated/α-hetero) is 1. The molecule has 112 valence electrons. The molecule has 3 aromatic rings. The van der Waals surface area contributed by atoms with Crippen molar-refractivity contribution in [2.45, 2.75) is 5.92 Å². The summed E-state index contributed by atoms with van der Waals surface area (Å²) in [6.45, 7) is 0. The first-order valence-corrected chi connectivity index (χ1v) is 7.58. The molecule has 23 heavy (non-hydrogen) atoms. The van der Waals surface area contributed by atoms with Gasteiger partial charge >= 0.3 is 0 Å². The van der Waals surface area contributed by atoms with Crippen molar-refractivity contribution < 1.29 is 4.79 Å². The number of H-pyrrole nitrogens is 1. The fourth-order valence-corrected chi connectivity index (χ4v) is 2.78. The van der Waals surface area contributed by atoms with E-state index in [0.717, 1.165) is 0 Å². The Morgan fingerprint density at radius 2 is 1.87 bits per heavy atom. The smallest absolute Gasteiger partial charge is 0.258 e. The fraction of sp³-hybridized carbons (Fsp3) is 0.0588. The molecule has 1 unspecified atom stereocenters. The summed E-state index contributed by atoms with van der Waals surface area (Å²) in [6.07, 6.45) is 0. The molecule has 3 rings (SSSR count). The first-order valence-electron chi connectivity index (χ1n) is 6.79. The Morgan fingerprint density at radius 1 is 1.17 bits per heavy atom. The number of nitriles is 1.